The minimum absolute atomic E-state index is 0.0798. The van der Waals surface area contributed by atoms with Crippen molar-refractivity contribution in [1.29, 1.82) is 5.26 Å². The molecule has 5 heteroatoms. The Balaban J connectivity index is 2.27. The Hall–Kier alpha value is -3.39. The van der Waals surface area contributed by atoms with Crippen molar-refractivity contribution in [3.05, 3.63) is 76.6 Å². The lowest BCUT2D eigenvalue weighted by Crippen LogP contribution is -2.48. The van der Waals surface area contributed by atoms with Gasteiger partial charge in [0.1, 0.15) is 17.5 Å². The van der Waals surface area contributed by atoms with Crippen molar-refractivity contribution in [1.82, 2.24) is 0 Å². The minimum Gasteiger partial charge on any atom is -0.384 e. The van der Waals surface area contributed by atoms with E-state index in [1.807, 2.05) is 38.1 Å². The van der Waals surface area contributed by atoms with Gasteiger partial charge in [0, 0.05) is 5.92 Å². The summed E-state index contributed by atoms with van der Waals surface area (Å²) in [6.07, 6.45) is 0. The van der Waals surface area contributed by atoms with E-state index in [-0.39, 0.29) is 17.2 Å². The second kappa shape index (κ2) is 7.08. The van der Waals surface area contributed by atoms with Gasteiger partial charge < -0.3 is 5.73 Å². The van der Waals surface area contributed by atoms with Gasteiger partial charge >= 0.3 is 0 Å². The van der Waals surface area contributed by atoms with Crippen LogP contribution in [0.1, 0.15) is 29.5 Å². The molecule has 1 aliphatic heterocycles. The zero-order chi connectivity index (χ0) is 19.7. The third-order valence-corrected chi connectivity index (χ3v) is 4.98. The Morgan fingerprint density at radius 2 is 1.81 bits per heavy atom. The van der Waals surface area contributed by atoms with Gasteiger partial charge in [-0.15, -0.1) is 0 Å². The normalized spacial score (nSPS) is 19.8. The van der Waals surface area contributed by atoms with Crippen molar-refractivity contribution in [2.75, 3.05) is 4.90 Å². The second-order valence-corrected chi connectivity index (χ2v) is 6.85. The zero-order valence-corrected chi connectivity index (χ0v) is 15.6. The van der Waals surface area contributed by atoms with Crippen molar-refractivity contribution in [3.63, 3.8) is 0 Å². The van der Waals surface area contributed by atoms with E-state index in [9.17, 15) is 14.9 Å². The lowest BCUT2D eigenvalue weighted by molar-refractivity contribution is -0.132. The number of carbonyl (C=O) groups excluding carboxylic acids is 2. The molecule has 0 spiro atoms. The number of benzene rings is 2. The lowest BCUT2D eigenvalue weighted by atomic mass is 9.74. The summed E-state index contributed by atoms with van der Waals surface area (Å²) < 4.78 is 0. The first-order valence-corrected chi connectivity index (χ1v) is 8.73. The average Bonchev–Trinajstić information content (AvgIpc) is 2.62. The highest BCUT2D eigenvalue weighted by Gasteiger charge is 2.45. The molecule has 0 saturated heterocycles. The summed E-state index contributed by atoms with van der Waals surface area (Å²) in [6.45, 7) is 5.27. The highest BCUT2D eigenvalue weighted by molar-refractivity contribution is 6.12. The topological polar surface area (TPSA) is 87.2 Å². The van der Waals surface area contributed by atoms with Gasteiger partial charge in [-0.25, -0.2) is 0 Å². The SMILES string of the molecule is CC(=O)[C@H]1C(=O)N(c2ccccc2)C(N)=C(C#N)[C@H]1c1ccc(C)cc1C. The van der Waals surface area contributed by atoms with Crippen LogP contribution in [0.25, 0.3) is 0 Å². The van der Waals surface area contributed by atoms with Crippen LogP contribution >= 0.6 is 0 Å². The Morgan fingerprint density at radius 1 is 1.15 bits per heavy atom. The third kappa shape index (κ3) is 3.11. The fourth-order valence-electron chi connectivity index (χ4n) is 3.74. The van der Waals surface area contributed by atoms with E-state index < -0.39 is 17.7 Å². The number of hydrogen-bond donors (Lipinski definition) is 1. The quantitative estimate of drug-likeness (QED) is 0.852. The van der Waals surface area contributed by atoms with Crippen LogP contribution in [0.4, 0.5) is 5.69 Å². The van der Waals surface area contributed by atoms with Crippen molar-refractivity contribution < 1.29 is 9.59 Å². The fourth-order valence-corrected chi connectivity index (χ4v) is 3.74. The van der Waals surface area contributed by atoms with Gasteiger partial charge in [0.15, 0.2) is 0 Å². The molecule has 0 unspecified atom stereocenters. The molecule has 1 heterocycles. The van der Waals surface area contributed by atoms with Crippen LogP contribution < -0.4 is 10.6 Å². The van der Waals surface area contributed by atoms with E-state index in [0.717, 1.165) is 16.7 Å². The number of hydrogen-bond acceptors (Lipinski definition) is 4. The predicted molar refractivity (Wildman–Crippen MR) is 104 cm³/mol. The zero-order valence-electron chi connectivity index (χ0n) is 15.6. The maximum absolute atomic E-state index is 13.3. The monoisotopic (exact) mass is 359 g/mol. The summed E-state index contributed by atoms with van der Waals surface area (Å²) >= 11 is 0. The van der Waals surface area contributed by atoms with Gasteiger partial charge in [-0.05, 0) is 44.0 Å². The lowest BCUT2D eigenvalue weighted by Gasteiger charge is -2.37. The maximum Gasteiger partial charge on any atom is 0.244 e. The molecular weight excluding hydrogens is 338 g/mol. The second-order valence-electron chi connectivity index (χ2n) is 6.85. The molecule has 0 bridgehead atoms. The van der Waals surface area contributed by atoms with E-state index in [1.54, 1.807) is 24.3 Å². The standard InChI is InChI=1S/C22H21N3O2/c1-13-9-10-17(14(2)11-13)20-18(12-23)21(24)25(16-7-5-4-6-8-16)22(27)19(20)15(3)26/h4-11,19-20H,24H2,1-3H3/t19-,20-/m1/s1. The number of carbonyl (C=O) groups is 2. The number of nitriles is 1. The van der Waals surface area contributed by atoms with Gasteiger partial charge in [-0.3, -0.25) is 14.5 Å². The summed E-state index contributed by atoms with van der Waals surface area (Å²) in [4.78, 5) is 27.1. The van der Waals surface area contributed by atoms with Crippen molar-refractivity contribution >= 4 is 17.4 Å². The number of ketones is 1. The average molecular weight is 359 g/mol. The number of allylic oxidation sites excluding steroid dienone is 1. The summed E-state index contributed by atoms with van der Waals surface area (Å²) in [5.41, 5.74) is 9.83. The smallest absolute Gasteiger partial charge is 0.244 e. The van der Waals surface area contributed by atoms with Crippen LogP contribution in [-0.4, -0.2) is 11.7 Å². The largest absolute Gasteiger partial charge is 0.384 e. The Labute approximate surface area is 158 Å². The molecule has 2 atom stereocenters. The van der Waals surface area contributed by atoms with E-state index in [4.69, 9.17) is 5.73 Å². The maximum atomic E-state index is 13.3. The molecule has 2 N–H and O–H groups in total. The number of anilines is 1. The number of nitrogens with two attached hydrogens (primary N) is 1. The van der Waals surface area contributed by atoms with E-state index in [0.29, 0.717) is 5.69 Å². The molecule has 1 aliphatic rings. The molecular formula is C22H21N3O2. The summed E-state index contributed by atoms with van der Waals surface area (Å²) in [5.74, 6) is -2.29. The summed E-state index contributed by atoms with van der Waals surface area (Å²) in [5, 5.41) is 9.85. The van der Waals surface area contributed by atoms with Gasteiger partial charge in [0.05, 0.1) is 17.3 Å². The van der Waals surface area contributed by atoms with Crippen LogP contribution in [0.15, 0.2) is 59.9 Å². The highest BCUT2D eigenvalue weighted by Crippen LogP contribution is 2.42. The van der Waals surface area contributed by atoms with Gasteiger partial charge in [-0.2, -0.15) is 5.26 Å². The van der Waals surface area contributed by atoms with Gasteiger partial charge in [0.25, 0.3) is 0 Å². The Morgan fingerprint density at radius 3 is 2.37 bits per heavy atom. The number of Topliss-reactive ketones (excluding diaryl/α,β-unsaturated/α-hetero) is 1. The molecule has 0 aliphatic carbocycles. The number of amides is 1. The molecule has 27 heavy (non-hydrogen) atoms. The number of aryl methyl sites for hydroxylation is 2. The van der Waals surface area contributed by atoms with E-state index >= 15 is 0 Å². The number of para-hydroxylation sites is 1. The van der Waals surface area contributed by atoms with Crippen molar-refractivity contribution in [2.45, 2.75) is 26.7 Å². The first-order valence-electron chi connectivity index (χ1n) is 8.73. The molecule has 0 aromatic heterocycles. The fraction of sp³-hybridized carbons (Fsp3) is 0.227. The summed E-state index contributed by atoms with van der Waals surface area (Å²) in [6, 6.07) is 16.8. The molecule has 0 saturated carbocycles. The molecule has 136 valence electrons. The van der Waals surface area contributed by atoms with Crippen LogP contribution in [-0.2, 0) is 9.59 Å². The predicted octanol–water partition coefficient (Wildman–Crippen LogP) is 3.33. The molecule has 0 radical (unpaired) electrons. The van der Waals surface area contributed by atoms with Crippen LogP contribution in [0.2, 0.25) is 0 Å². The first-order chi connectivity index (χ1) is 12.9. The van der Waals surface area contributed by atoms with Crippen LogP contribution in [0.5, 0.6) is 0 Å². The number of rotatable bonds is 3. The minimum atomic E-state index is -0.992. The molecule has 3 rings (SSSR count). The van der Waals surface area contributed by atoms with Gasteiger partial charge in [-0.1, -0.05) is 42.0 Å². The van der Waals surface area contributed by atoms with Crippen LogP contribution in [0.3, 0.4) is 0 Å². The molecule has 2 aromatic carbocycles. The van der Waals surface area contributed by atoms with Gasteiger partial charge in [0.2, 0.25) is 5.91 Å². The molecule has 2 aromatic rings. The van der Waals surface area contributed by atoms with Crippen molar-refractivity contribution in [3.8, 4) is 6.07 Å². The van der Waals surface area contributed by atoms with E-state index in [1.165, 1.54) is 11.8 Å². The highest BCUT2D eigenvalue weighted by atomic mass is 16.2. The van der Waals surface area contributed by atoms with Crippen molar-refractivity contribution in [2.24, 2.45) is 11.7 Å². The number of nitrogens with zero attached hydrogens (tertiary/aromatic N) is 2. The Kier molecular flexibility index (Phi) is 4.83. The third-order valence-electron chi connectivity index (χ3n) is 4.98. The molecule has 5 nitrogen and oxygen atoms in total. The Bertz CT molecular complexity index is 986. The summed E-state index contributed by atoms with van der Waals surface area (Å²) in [7, 11) is 0. The molecule has 0 fully saturated rings. The van der Waals surface area contributed by atoms with Crippen LogP contribution in [0, 0.1) is 31.1 Å². The first kappa shape index (κ1) is 18.4. The van der Waals surface area contributed by atoms with E-state index in [2.05, 4.69) is 6.07 Å². The molecule has 1 amide bonds.